The summed E-state index contributed by atoms with van der Waals surface area (Å²) in [5, 5.41) is 7.08. The number of nitrogens with zero attached hydrogens (tertiary/aromatic N) is 1. The second kappa shape index (κ2) is 6.15. The van der Waals surface area contributed by atoms with Crippen LogP contribution < -0.4 is 10.1 Å². The maximum absolute atomic E-state index is 11.9. The third-order valence-electron chi connectivity index (χ3n) is 2.45. The van der Waals surface area contributed by atoms with Crippen LogP contribution >= 0.6 is 23.2 Å². The molecule has 5 nitrogen and oxygen atoms in total. The van der Waals surface area contributed by atoms with Gasteiger partial charge in [0.2, 0.25) is 0 Å². The van der Waals surface area contributed by atoms with E-state index in [-0.39, 0.29) is 5.91 Å². The van der Waals surface area contributed by atoms with Crippen molar-refractivity contribution in [2.75, 3.05) is 5.32 Å². The number of ether oxygens (including phenoxy) is 1. The topological polar surface area (TPSA) is 64.4 Å². The molecule has 1 aromatic carbocycles. The summed E-state index contributed by atoms with van der Waals surface area (Å²) < 4.78 is 10.3. The minimum atomic E-state index is -0.745. The van der Waals surface area contributed by atoms with E-state index in [1.54, 1.807) is 38.1 Å². The molecule has 1 heterocycles. The first-order chi connectivity index (χ1) is 9.45. The van der Waals surface area contributed by atoms with Gasteiger partial charge < -0.3 is 14.6 Å². The van der Waals surface area contributed by atoms with E-state index >= 15 is 0 Å². The van der Waals surface area contributed by atoms with Crippen molar-refractivity contribution < 1.29 is 14.1 Å². The number of halogens is 2. The molecule has 0 fully saturated rings. The maximum Gasteiger partial charge on any atom is 0.266 e. The summed E-state index contributed by atoms with van der Waals surface area (Å²) in [7, 11) is 0. The molecule has 1 amide bonds. The van der Waals surface area contributed by atoms with E-state index in [2.05, 4.69) is 10.5 Å². The van der Waals surface area contributed by atoms with Gasteiger partial charge in [-0.1, -0.05) is 28.4 Å². The van der Waals surface area contributed by atoms with Crippen LogP contribution in [0.5, 0.6) is 5.75 Å². The smallest absolute Gasteiger partial charge is 0.266 e. The molecule has 0 aliphatic heterocycles. The van der Waals surface area contributed by atoms with Crippen LogP contribution in [-0.2, 0) is 4.79 Å². The highest BCUT2D eigenvalue weighted by atomic mass is 35.5. The van der Waals surface area contributed by atoms with Gasteiger partial charge in [0.15, 0.2) is 11.9 Å². The molecule has 1 aromatic heterocycles. The number of anilines is 1. The van der Waals surface area contributed by atoms with Crippen molar-refractivity contribution in [3.63, 3.8) is 0 Å². The average molecular weight is 315 g/mol. The number of amides is 1. The van der Waals surface area contributed by atoms with Gasteiger partial charge in [-0.05, 0) is 32.0 Å². The van der Waals surface area contributed by atoms with Gasteiger partial charge in [0.1, 0.15) is 11.5 Å². The van der Waals surface area contributed by atoms with Gasteiger partial charge in [-0.2, -0.15) is 0 Å². The first-order valence-electron chi connectivity index (χ1n) is 5.81. The van der Waals surface area contributed by atoms with Crippen LogP contribution in [0.15, 0.2) is 28.8 Å². The van der Waals surface area contributed by atoms with E-state index in [4.69, 9.17) is 32.5 Å². The minimum absolute atomic E-state index is 0.338. The van der Waals surface area contributed by atoms with E-state index in [9.17, 15) is 4.79 Å². The fourth-order valence-electron chi connectivity index (χ4n) is 1.47. The van der Waals surface area contributed by atoms with Crippen LogP contribution in [0, 0.1) is 6.92 Å². The van der Waals surface area contributed by atoms with E-state index in [1.807, 2.05) is 0 Å². The fourth-order valence-corrected chi connectivity index (χ4v) is 1.92. The lowest BCUT2D eigenvalue weighted by molar-refractivity contribution is -0.122. The third-order valence-corrected chi connectivity index (χ3v) is 2.98. The van der Waals surface area contributed by atoms with Crippen molar-refractivity contribution in [2.24, 2.45) is 0 Å². The highest BCUT2D eigenvalue weighted by molar-refractivity contribution is 6.35. The molecule has 0 saturated heterocycles. The number of benzene rings is 1. The second-order valence-electron chi connectivity index (χ2n) is 4.15. The zero-order valence-corrected chi connectivity index (χ0v) is 12.3. The van der Waals surface area contributed by atoms with Crippen LogP contribution in [0.1, 0.15) is 12.7 Å². The molecule has 0 radical (unpaired) electrons. The fraction of sp³-hybridized carbons (Fsp3) is 0.231. The molecule has 20 heavy (non-hydrogen) atoms. The molecule has 0 spiro atoms. The Balaban J connectivity index is 2.00. The zero-order chi connectivity index (χ0) is 14.7. The van der Waals surface area contributed by atoms with E-state index < -0.39 is 6.10 Å². The first kappa shape index (κ1) is 14.7. The highest BCUT2D eigenvalue weighted by Crippen LogP contribution is 2.28. The van der Waals surface area contributed by atoms with Crippen molar-refractivity contribution in [2.45, 2.75) is 20.0 Å². The molecule has 1 atom stereocenters. The number of nitrogens with one attached hydrogen (secondary N) is 1. The minimum Gasteiger partial charge on any atom is -0.479 e. The lowest BCUT2D eigenvalue weighted by Gasteiger charge is -2.14. The van der Waals surface area contributed by atoms with Crippen molar-refractivity contribution in [1.29, 1.82) is 0 Å². The predicted octanol–water partition coefficient (Wildman–Crippen LogP) is 3.70. The van der Waals surface area contributed by atoms with Gasteiger partial charge in [-0.25, -0.2) is 0 Å². The summed E-state index contributed by atoms with van der Waals surface area (Å²) in [6.07, 6.45) is -0.745. The van der Waals surface area contributed by atoms with Crippen LogP contribution in [0.4, 0.5) is 5.82 Å². The Kier molecular flexibility index (Phi) is 4.52. The van der Waals surface area contributed by atoms with Crippen molar-refractivity contribution in [1.82, 2.24) is 5.16 Å². The molecule has 0 unspecified atom stereocenters. The standard InChI is InChI=1S/C13H12Cl2N2O3/c1-7-5-12(17-20-7)16-13(18)8(2)19-11-4-3-9(14)6-10(11)15/h3-6,8H,1-2H3,(H,16,17,18)/t8-/m1/s1. The number of carbonyl (C=O) groups excluding carboxylic acids is 1. The Morgan fingerprint density at radius 3 is 2.75 bits per heavy atom. The first-order valence-corrected chi connectivity index (χ1v) is 6.57. The van der Waals surface area contributed by atoms with Crippen molar-refractivity contribution >= 4 is 34.9 Å². The average Bonchev–Trinajstić information content (AvgIpc) is 2.78. The van der Waals surface area contributed by atoms with Gasteiger partial charge in [0.05, 0.1) is 5.02 Å². The Morgan fingerprint density at radius 1 is 1.40 bits per heavy atom. The predicted molar refractivity (Wildman–Crippen MR) is 76.4 cm³/mol. The van der Waals surface area contributed by atoms with Gasteiger partial charge in [-0.3, -0.25) is 4.79 Å². The summed E-state index contributed by atoms with van der Waals surface area (Å²) in [6, 6.07) is 6.40. The lowest BCUT2D eigenvalue weighted by Crippen LogP contribution is -2.30. The molecule has 106 valence electrons. The van der Waals surface area contributed by atoms with Gasteiger partial charge in [-0.15, -0.1) is 0 Å². The Hall–Kier alpha value is -1.72. The van der Waals surface area contributed by atoms with Gasteiger partial charge in [0, 0.05) is 11.1 Å². The third kappa shape index (κ3) is 3.65. The quantitative estimate of drug-likeness (QED) is 0.934. The molecule has 7 heteroatoms. The number of hydrogen-bond acceptors (Lipinski definition) is 4. The van der Waals surface area contributed by atoms with Crippen molar-refractivity contribution in [3.05, 3.63) is 40.1 Å². The number of aryl methyl sites for hydroxylation is 1. The Labute approximate surface area is 125 Å². The van der Waals surface area contributed by atoms with Crippen molar-refractivity contribution in [3.8, 4) is 5.75 Å². The largest absolute Gasteiger partial charge is 0.479 e. The molecule has 0 aliphatic rings. The molecule has 0 saturated carbocycles. The van der Waals surface area contributed by atoms with Crippen LogP contribution in [0.2, 0.25) is 10.0 Å². The number of rotatable bonds is 4. The monoisotopic (exact) mass is 314 g/mol. The SMILES string of the molecule is Cc1cc(NC(=O)[C@@H](C)Oc2ccc(Cl)cc2Cl)no1. The number of hydrogen-bond donors (Lipinski definition) is 1. The normalized spacial score (nSPS) is 12.0. The number of aromatic nitrogens is 1. The summed E-state index contributed by atoms with van der Waals surface area (Å²) in [6.45, 7) is 3.34. The van der Waals surface area contributed by atoms with Crippen LogP contribution in [0.25, 0.3) is 0 Å². The van der Waals surface area contributed by atoms with E-state index in [0.717, 1.165) is 0 Å². The molecule has 0 aliphatic carbocycles. The molecule has 0 bridgehead atoms. The Bertz CT molecular complexity index is 628. The summed E-state index contributed by atoms with van der Waals surface area (Å²) in [5.41, 5.74) is 0. The summed E-state index contributed by atoms with van der Waals surface area (Å²) in [5.74, 6) is 0.971. The van der Waals surface area contributed by atoms with Crippen LogP contribution in [0.3, 0.4) is 0 Å². The Morgan fingerprint density at radius 2 is 2.15 bits per heavy atom. The molecule has 1 N–H and O–H groups in total. The molecular formula is C13H12Cl2N2O3. The molecule has 2 aromatic rings. The molecular weight excluding hydrogens is 303 g/mol. The lowest BCUT2D eigenvalue weighted by atomic mass is 10.3. The van der Waals surface area contributed by atoms with Gasteiger partial charge >= 0.3 is 0 Å². The number of carbonyl (C=O) groups is 1. The van der Waals surface area contributed by atoms with Gasteiger partial charge in [0.25, 0.3) is 5.91 Å². The summed E-state index contributed by atoms with van der Waals surface area (Å²) >= 11 is 11.8. The highest BCUT2D eigenvalue weighted by Gasteiger charge is 2.17. The van der Waals surface area contributed by atoms with E-state index in [0.29, 0.717) is 27.4 Å². The second-order valence-corrected chi connectivity index (χ2v) is 4.99. The van der Waals surface area contributed by atoms with E-state index in [1.165, 1.54) is 0 Å². The summed E-state index contributed by atoms with van der Waals surface area (Å²) in [4.78, 5) is 11.9. The maximum atomic E-state index is 11.9. The van der Waals surface area contributed by atoms with Crippen LogP contribution in [-0.4, -0.2) is 17.2 Å². The zero-order valence-electron chi connectivity index (χ0n) is 10.8. The molecule has 2 rings (SSSR count).